The Bertz CT molecular complexity index is 433. The quantitative estimate of drug-likeness (QED) is 0.811. The smallest absolute Gasteiger partial charge is 0.244 e. The van der Waals surface area contributed by atoms with Gasteiger partial charge in [-0.3, -0.25) is 0 Å². The van der Waals surface area contributed by atoms with Crippen LogP contribution in [-0.2, 0) is 0 Å². The monoisotopic (exact) mass is 233 g/mol. The second-order valence-corrected chi connectivity index (χ2v) is 4.46. The minimum absolute atomic E-state index is 0.102. The van der Waals surface area contributed by atoms with Crippen LogP contribution >= 0.6 is 0 Å². The Kier molecular flexibility index (Phi) is 4.53. The molecule has 1 atom stereocenters. The van der Waals surface area contributed by atoms with Crippen LogP contribution in [0.3, 0.4) is 0 Å². The fourth-order valence-corrected chi connectivity index (χ4v) is 1.89. The fourth-order valence-electron chi connectivity index (χ4n) is 1.89. The van der Waals surface area contributed by atoms with Crippen LogP contribution in [0, 0.1) is 13.5 Å². The Morgan fingerprint density at radius 2 is 2.00 bits per heavy atom. The first kappa shape index (κ1) is 13.5. The summed E-state index contributed by atoms with van der Waals surface area (Å²) in [6, 6.07) is 3.88. The number of ether oxygens (including phenoxy) is 1. The van der Waals surface area contributed by atoms with Gasteiger partial charge in [0.25, 0.3) is 0 Å². The summed E-state index contributed by atoms with van der Waals surface area (Å²) in [4.78, 5) is 3.24. The number of hydrogen-bond acceptors (Lipinski definition) is 2. The first-order valence-electron chi connectivity index (χ1n) is 5.71. The molecule has 0 aliphatic heterocycles. The second-order valence-electron chi connectivity index (χ2n) is 4.46. The van der Waals surface area contributed by atoms with Crippen molar-refractivity contribution >= 4 is 0 Å². The molecule has 0 radical (unpaired) electrons. The molecule has 1 N–H and O–H groups in total. The largest absolute Gasteiger partial charge is 0.496 e. The average molecular weight is 233 g/mol. The molecular weight excluding hydrogens is 214 g/mol. The second kappa shape index (κ2) is 5.70. The maximum atomic E-state index is 9.92. The minimum Gasteiger partial charge on any atom is -0.496 e. The highest BCUT2D eigenvalue weighted by Gasteiger charge is 2.17. The minimum atomic E-state index is -0.712. The molecule has 1 rings (SSSR count). The van der Waals surface area contributed by atoms with E-state index in [1.165, 1.54) is 0 Å². The first-order valence-corrected chi connectivity index (χ1v) is 5.71. The van der Waals surface area contributed by atoms with Crippen LogP contribution in [0.5, 0.6) is 5.75 Å². The highest BCUT2D eigenvalue weighted by Crippen LogP contribution is 2.32. The third kappa shape index (κ3) is 2.98. The van der Waals surface area contributed by atoms with Crippen LogP contribution < -0.4 is 4.74 Å². The molecule has 0 saturated heterocycles. The zero-order valence-corrected chi connectivity index (χ0v) is 10.8. The van der Waals surface area contributed by atoms with E-state index in [2.05, 4.69) is 18.7 Å². The highest BCUT2D eigenvalue weighted by molar-refractivity contribution is 5.44. The number of benzene rings is 1. The highest BCUT2D eigenvalue weighted by atomic mass is 16.5. The normalized spacial score (nSPS) is 12.3. The van der Waals surface area contributed by atoms with E-state index in [4.69, 9.17) is 11.3 Å². The molecule has 1 aromatic rings. The molecule has 1 unspecified atom stereocenters. The van der Waals surface area contributed by atoms with E-state index in [0.717, 1.165) is 22.4 Å². The lowest BCUT2D eigenvalue weighted by atomic mass is 9.94. The maximum absolute atomic E-state index is 9.92. The summed E-state index contributed by atoms with van der Waals surface area (Å²) in [5, 5.41) is 9.92. The van der Waals surface area contributed by atoms with Gasteiger partial charge in [-0.25, -0.2) is 6.57 Å². The van der Waals surface area contributed by atoms with Crippen LogP contribution in [0.4, 0.5) is 0 Å². The first-order chi connectivity index (χ1) is 8.01. The predicted molar refractivity (Wildman–Crippen MR) is 68.2 cm³/mol. The number of methoxy groups -OCH3 is 1. The Labute approximate surface area is 103 Å². The molecule has 0 saturated carbocycles. The predicted octanol–water partition coefficient (Wildman–Crippen LogP) is 3.08. The third-order valence-electron chi connectivity index (χ3n) is 2.86. The van der Waals surface area contributed by atoms with E-state index in [9.17, 15) is 5.11 Å². The molecule has 0 amide bonds. The summed E-state index contributed by atoms with van der Waals surface area (Å²) in [6.07, 6.45) is -0.712. The molecule has 3 heteroatoms. The fraction of sp³-hybridized carbons (Fsp3) is 0.500. The Morgan fingerprint density at radius 3 is 2.47 bits per heavy atom. The van der Waals surface area contributed by atoms with E-state index in [1.807, 2.05) is 19.1 Å². The molecule has 0 fully saturated rings. The number of nitrogens with zero attached hydrogens (tertiary/aromatic N) is 1. The van der Waals surface area contributed by atoms with Gasteiger partial charge in [0.1, 0.15) is 5.75 Å². The average Bonchev–Trinajstić information content (AvgIpc) is 2.28. The molecule has 3 nitrogen and oxygen atoms in total. The van der Waals surface area contributed by atoms with Crippen molar-refractivity contribution in [3.05, 3.63) is 40.2 Å². The molecule has 0 heterocycles. The van der Waals surface area contributed by atoms with Crippen LogP contribution in [0.1, 0.15) is 42.6 Å². The van der Waals surface area contributed by atoms with Crippen LogP contribution in [0.15, 0.2) is 12.1 Å². The number of hydrogen-bond donors (Lipinski definition) is 1. The standard InChI is InChI=1S/C14H19NO2/c1-9(2)11-7-12(13(16)8-15-4)10(3)6-14(11)17-5/h6-7,9,13,16H,8H2,1-3,5H3. The number of aliphatic hydroxyl groups excluding tert-OH is 1. The van der Waals surface area contributed by atoms with Crippen molar-refractivity contribution in [2.45, 2.75) is 32.8 Å². The van der Waals surface area contributed by atoms with Gasteiger partial charge in [0.2, 0.25) is 6.54 Å². The van der Waals surface area contributed by atoms with Crippen molar-refractivity contribution in [3.8, 4) is 5.75 Å². The summed E-state index contributed by atoms with van der Waals surface area (Å²) >= 11 is 0. The Hall–Kier alpha value is -1.53. The topological polar surface area (TPSA) is 33.8 Å². The lowest BCUT2D eigenvalue weighted by Crippen LogP contribution is -2.05. The van der Waals surface area contributed by atoms with Crippen LogP contribution in [0.2, 0.25) is 0 Å². The van der Waals surface area contributed by atoms with Gasteiger partial charge in [0.05, 0.1) is 7.11 Å². The molecule has 17 heavy (non-hydrogen) atoms. The molecule has 0 aromatic heterocycles. The number of aliphatic hydroxyl groups is 1. The summed E-state index contributed by atoms with van der Waals surface area (Å²) in [5.41, 5.74) is 2.85. The zero-order valence-electron chi connectivity index (χ0n) is 10.8. The van der Waals surface area contributed by atoms with Crippen molar-refractivity contribution in [1.82, 2.24) is 0 Å². The van der Waals surface area contributed by atoms with Gasteiger partial charge in [-0.2, -0.15) is 0 Å². The molecule has 0 spiro atoms. The number of aryl methyl sites for hydroxylation is 1. The van der Waals surface area contributed by atoms with Crippen LogP contribution in [-0.4, -0.2) is 18.8 Å². The molecule has 0 aliphatic rings. The summed E-state index contributed by atoms with van der Waals surface area (Å²) in [7, 11) is 1.65. The van der Waals surface area contributed by atoms with E-state index < -0.39 is 6.10 Å². The zero-order chi connectivity index (χ0) is 13.0. The lowest BCUT2D eigenvalue weighted by Gasteiger charge is -2.17. The Balaban J connectivity index is 3.25. The maximum Gasteiger partial charge on any atom is 0.244 e. The van der Waals surface area contributed by atoms with Crippen molar-refractivity contribution in [1.29, 1.82) is 0 Å². The van der Waals surface area contributed by atoms with Gasteiger partial charge < -0.3 is 14.7 Å². The van der Waals surface area contributed by atoms with E-state index in [1.54, 1.807) is 7.11 Å². The lowest BCUT2D eigenvalue weighted by molar-refractivity contribution is 0.194. The molecule has 92 valence electrons. The van der Waals surface area contributed by atoms with Gasteiger partial charge in [0, 0.05) is 0 Å². The van der Waals surface area contributed by atoms with Crippen molar-refractivity contribution < 1.29 is 9.84 Å². The van der Waals surface area contributed by atoms with Crippen molar-refractivity contribution in [2.24, 2.45) is 0 Å². The molecule has 1 aromatic carbocycles. The van der Waals surface area contributed by atoms with Crippen molar-refractivity contribution in [2.75, 3.05) is 13.7 Å². The molecule has 0 bridgehead atoms. The van der Waals surface area contributed by atoms with E-state index >= 15 is 0 Å². The molecular formula is C14H19NO2. The van der Waals surface area contributed by atoms with E-state index in [-0.39, 0.29) is 6.54 Å². The van der Waals surface area contributed by atoms with Gasteiger partial charge >= 0.3 is 0 Å². The summed E-state index contributed by atoms with van der Waals surface area (Å²) in [6.45, 7) is 13.0. The van der Waals surface area contributed by atoms with Gasteiger partial charge in [0.15, 0.2) is 6.10 Å². The van der Waals surface area contributed by atoms with Gasteiger partial charge in [-0.05, 0) is 41.7 Å². The Morgan fingerprint density at radius 1 is 1.35 bits per heavy atom. The third-order valence-corrected chi connectivity index (χ3v) is 2.86. The summed E-state index contributed by atoms with van der Waals surface area (Å²) < 4.78 is 5.34. The van der Waals surface area contributed by atoms with Gasteiger partial charge in [-0.1, -0.05) is 13.8 Å². The van der Waals surface area contributed by atoms with Crippen molar-refractivity contribution in [3.63, 3.8) is 0 Å². The van der Waals surface area contributed by atoms with Crippen LogP contribution in [0.25, 0.3) is 4.85 Å². The summed E-state index contributed by atoms with van der Waals surface area (Å²) in [5.74, 6) is 1.17. The molecule has 0 aliphatic carbocycles. The van der Waals surface area contributed by atoms with E-state index in [0.29, 0.717) is 5.92 Å². The van der Waals surface area contributed by atoms with Gasteiger partial charge in [-0.15, -0.1) is 0 Å². The SMILES string of the molecule is [C-]#[N+]CC(O)c1cc(C(C)C)c(OC)cc1C. The number of rotatable bonds is 4.